The molecule has 3 atom stereocenters. The van der Waals surface area contributed by atoms with Crippen LogP contribution in [0, 0.1) is 11.8 Å². The fraction of sp³-hybridized carbons (Fsp3) is 0.714. The molecule has 15 nitrogen and oxygen atoms in total. The number of amides is 5. The van der Waals surface area contributed by atoms with E-state index in [0.717, 1.165) is 54.4 Å². The minimum Gasteiger partial charge on any atom is -0.493 e. The Morgan fingerprint density at radius 1 is 0.455 bits per heavy atom. The van der Waals surface area contributed by atoms with Gasteiger partial charge in [-0.25, -0.2) is 9.59 Å². The SMILES string of the molecule is CCCCCCCCCCCCCCCCCCCCCCOc1ccc(OC(=O)[C@@H](NC(=O)CNC(=O)[C@@H](NC(=O)CNC(=O)[C@@H]2CCCN2C(=O)OCC2c3ccccc3-c3ccccc32)C(C)C)C(C)C)c(OCCCCCCCCCCCCCCCCCCCCCC)c1. The van der Waals surface area contributed by atoms with E-state index < -0.39 is 72.8 Å². The summed E-state index contributed by atoms with van der Waals surface area (Å²) in [7, 11) is 0. The quantitative estimate of drug-likeness (QED) is 0.0240. The minimum absolute atomic E-state index is 0.118. The molecular formula is C84H135N5O10. The molecule has 0 saturated carbocycles. The second-order valence-electron chi connectivity index (χ2n) is 29.3. The molecule has 0 bridgehead atoms. The third kappa shape index (κ3) is 33.9. The largest absolute Gasteiger partial charge is 0.493 e. The second-order valence-corrected chi connectivity index (χ2v) is 29.3. The fourth-order valence-electron chi connectivity index (χ4n) is 14.0. The lowest BCUT2D eigenvalue weighted by Gasteiger charge is -2.25. The summed E-state index contributed by atoms with van der Waals surface area (Å²) in [5, 5.41) is 10.7. The molecule has 0 radical (unpaired) electrons. The smallest absolute Gasteiger partial charge is 0.410 e. The molecule has 0 aromatic heterocycles. The maximum atomic E-state index is 14.0. The molecule has 15 heteroatoms. The highest BCUT2D eigenvalue weighted by Crippen LogP contribution is 2.45. The Labute approximate surface area is 599 Å². The van der Waals surface area contributed by atoms with Crippen LogP contribution in [-0.4, -0.2) is 98.2 Å². The van der Waals surface area contributed by atoms with Crippen LogP contribution in [0.25, 0.3) is 11.1 Å². The van der Waals surface area contributed by atoms with Gasteiger partial charge in [0.05, 0.1) is 26.3 Å². The molecule has 4 N–H and O–H groups in total. The lowest BCUT2D eigenvalue weighted by Crippen LogP contribution is -2.55. The van der Waals surface area contributed by atoms with Crippen molar-refractivity contribution in [1.82, 2.24) is 26.2 Å². The number of hydrogen-bond acceptors (Lipinski definition) is 10. The third-order valence-electron chi connectivity index (χ3n) is 20.1. The maximum absolute atomic E-state index is 14.0. The number of unbranched alkanes of at least 4 members (excludes halogenated alkanes) is 38. The van der Waals surface area contributed by atoms with Gasteiger partial charge in [-0.1, -0.05) is 334 Å². The number of ether oxygens (including phenoxy) is 4. The molecule has 3 aromatic carbocycles. The standard InChI is InChI=1S/C84H135N5O10/c1-7-9-11-13-15-17-19-21-23-25-27-29-31-33-35-37-39-41-43-49-60-96-68-57-58-75(76(62-68)97-61-50-44-42-40-38-36-34-32-30-28-26-24-22-20-18-16-14-12-10-8-2)99-83(94)80(67(5)6)88-78(91)64-86-82(93)79(66(3)4)87-77(90)63-85-81(92)74-56-51-59-89(74)84(95)98-65-73-71-54-47-45-52-69(71)70-53-46-48-55-72(70)73/h45-48,52-55,57-58,62,66-67,73-74,79-80H,7-44,49-51,56,59-61,63-65H2,1-6H3,(H,85,92)(H,86,93)(H,87,90)(H,88,91)/t74-,79-,80-/m0/s1. The summed E-state index contributed by atoms with van der Waals surface area (Å²) in [5.74, 6) is -2.67. The average Bonchev–Trinajstić information content (AvgIpc) is 1.62. The average molecular weight is 1380 g/mol. The summed E-state index contributed by atoms with van der Waals surface area (Å²) in [5.41, 5.74) is 4.40. The Bertz CT molecular complexity index is 2670. The van der Waals surface area contributed by atoms with Gasteiger partial charge in [-0.15, -0.1) is 0 Å². The molecule has 3 aromatic rings. The predicted octanol–water partition coefficient (Wildman–Crippen LogP) is 19.9. The van der Waals surface area contributed by atoms with Gasteiger partial charge in [-0.2, -0.15) is 0 Å². The van der Waals surface area contributed by atoms with Crippen LogP contribution in [0.2, 0.25) is 0 Å². The number of carbonyl (C=O) groups excluding carboxylic acids is 6. The lowest BCUT2D eigenvalue weighted by atomic mass is 9.98. The topological polar surface area (TPSA) is 191 Å². The van der Waals surface area contributed by atoms with Gasteiger partial charge in [0.1, 0.15) is 30.5 Å². The van der Waals surface area contributed by atoms with Crippen molar-refractivity contribution in [3.05, 3.63) is 77.9 Å². The summed E-state index contributed by atoms with van der Waals surface area (Å²) >= 11 is 0. The first-order valence-corrected chi connectivity index (χ1v) is 40.2. The normalized spacial score (nSPS) is 14.0. The van der Waals surface area contributed by atoms with E-state index in [9.17, 15) is 28.8 Å². The molecule has 1 fully saturated rings. The zero-order chi connectivity index (χ0) is 70.9. The number of nitrogens with zero attached hydrogens (tertiary/aromatic N) is 1. The van der Waals surface area contributed by atoms with E-state index in [-0.39, 0.29) is 24.2 Å². The van der Waals surface area contributed by atoms with Crippen molar-refractivity contribution >= 4 is 35.7 Å². The molecule has 1 aliphatic heterocycles. The monoisotopic (exact) mass is 1370 g/mol. The van der Waals surface area contributed by atoms with Crippen molar-refractivity contribution in [3.63, 3.8) is 0 Å². The lowest BCUT2D eigenvalue weighted by molar-refractivity contribution is -0.140. The molecule has 5 rings (SSSR count). The number of carbonyl (C=O) groups is 6. The van der Waals surface area contributed by atoms with Crippen LogP contribution >= 0.6 is 0 Å². The van der Waals surface area contributed by atoms with E-state index >= 15 is 0 Å². The zero-order valence-electron chi connectivity index (χ0n) is 62.8. The first-order chi connectivity index (χ1) is 48.3. The Morgan fingerprint density at radius 2 is 0.848 bits per heavy atom. The van der Waals surface area contributed by atoms with Crippen LogP contribution in [0.1, 0.15) is 328 Å². The number of nitrogens with one attached hydrogen (secondary N) is 4. The van der Waals surface area contributed by atoms with E-state index in [4.69, 9.17) is 18.9 Å². The predicted molar refractivity (Wildman–Crippen MR) is 403 cm³/mol. The van der Waals surface area contributed by atoms with Crippen LogP contribution in [0.5, 0.6) is 17.2 Å². The van der Waals surface area contributed by atoms with Gasteiger partial charge in [0.2, 0.25) is 23.6 Å². The van der Waals surface area contributed by atoms with E-state index in [0.29, 0.717) is 44.1 Å². The highest BCUT2D eigenvalue weighted by atomic mass is 16.6. The molecule has 5 amide bonds. The summed E-state index contributed by atoms with van der Waals surface area (Å²) in [6.45, 7) is 12.2. The molecule has 1 heterocycles. The maximum Gasteiger partial charge on any atom is 0.410 e. The number of esters is 1. The van der Waals surface area contributed by atoms with E-state index in [1.165, 1.54) is 230 Å². The van der Waals surface area contributed by atoms with Crippen LogP contribution < -0.4 is 35.5 Å². The first-order valence-electron chi connectivity index (χ1n) is 40.2. The molecule has 2 aliphatic rings. The molecule has 0 unspecified atom stereocenters. The van der Waals surface area contributed by atoms with Gasteiger partial charge in [-0.3, -0.25) is 24.1 Å². The van der Waals surface area contributed by atoms with Gasteiger partial charge in [0.15, 0.2) is 11.5 Å². The fourth-order valence-corrected chi connectivity index (χ4v) is 14.0. The highest BCUT2D eigenvalue weighted by molar-refractivity contribution is 5.94. The number of likely N-dealkylation sites (tertiary alicyclic amines) is 1. The zero-order valence-corrected chi connectivity index (χ0v) is 62.8. The molecule has 1 saturated heterocycles. The van der Waals surface area contributed by atoms with Crippen LogP contribution in [-0.2, 0) is 28.7 Å². The van der Waals surface area contributed by atoms with Crippen LogP contribution in [0.15, 0.2) is 66.7 Å². The van der Waals surface area contributed by atoms with Crippen molar-refractivity contribution in [2.24, 2.45) is 11.8 Å². The Morgan fingerprint density at radius 3 is 1.28 bits per heavy atom. The van der Waals surface area contributed by atoms with Crippen LogP contribution in [0.3, 0.4) is 0 Å². The highest BCUT2D eigenvalue weighted by Gasteiger charge is 2.37. The second kappa shape index (κ2) is 51.9. The summed E-state index contributed by atoms with van der Waals surface area (Å²) < 4.78 is 24.5. The van der Waals surface area contributed by atoms with Crippen molar-refractivity contribution < 1.29 is 47.7 Å². The van der Waals surface area contributed by atoms with Gasteiger partial charge >= 0.3 is 12.1 Å². The minimum atomic E-state index is -1.06. The molecule has 0 spiro atoms. The molecular weight excluding hydrogens is 1240 g/mol. The van der Waals surface area contributed by atoms with Crippen molar-refractivity contribution in [3.8, 4) is 28.4 Å². The van der Waals surface area contributed by atoms with Gasteiger partial charge in [0, 0.05) is 18.5 Å². The van der Waals surface area contributed by atoms with Gasteiger partial charge < -0.3 is 40.2 Å². The van der Waals surface area contributed by atoms with Crippen molar-refractivity contribution in [2.75, 3.05) is 39.5 Å². The van der Waals surface area contributed by atoms with Crippen molar-refractivity contribution in [2.45, 2.75) is 335 Å². The third-order valence-corrected chi connectivity index (χ3v) is 20.1. The number of hydrogen-bond donors (Lipinski definition) is 4. The van der Waals surface area contributed by atoms with Gasteiger partial charge in [-0.05, 0) is 71.9 Å². The summed E-state index contributed by atoms with van der Waals surface area (Å²) in [4.78, 5) is 82.8. The summed E-state index contributed by atoms with van der Waals surface area (Å²) in [6.07, 6.45) is 53.2. The summed E-state index contributed by atoms with van der Waals surface area (Å²) in [6, 6.07) is 18.5. The first kappa shape index (κ1) is 83.5. The molecule has 1 aliphatic carbocycles. The van der Waals surface area contributed by atoms with E-state index in [1.807, 2.05) is 36.4 Å². The number of benzene rings is 3. The van der Waals surface area contributed by atoms with E-state index in [1.54, 1.807) is 45.9 Å². The number of rotatable bonds is 58. The molecule has 556 valence electrons. The van der Waals surface area contributed by atoms with Gasteiger partial charge in [0.25, 0.3) is 0 Å². The van der Waals surface area contributed by atoms with Crippen molar-refractivity contribution in [1.29, 1.82) is 0 Å². The molecule has 99 heavy (non-hydrogen) atoms. The number of fused-ring (bicyclic) bond motifs is 3. The Balaban J connectivity index is 1.01. The Kier molecular flexibility index (Phi) is 43.8. The van der Waals surface area contributed by atoms with Crippen LogP contribution in [0.4, 0.5) is 4.79 Å². The van der Waals surface area contributed by atoms with E-state index in [2.05, 4.69) is 47.2 Å². The Hall–Kier alpha value is -6.12.